The van der Waals surface area contributed by atoms with E-state index in [1.165, 1.54) is 22.6 Å². The van der Waals surface area contributed by atoms with Crippen LogP contribution in [0.2, 0.25) is 0 Å². The van der Waals surface area contributed by atoms with Crippen LogP contribution in [-0.4, -0.2) is 81.5 Å². The minimum absolute atomic E-state index is 0.0441. The normalized spacial score (nSPS) is 16.6. The topological polar surface area (TPSA) is 125 Å². The first-order valence-corrected chi connectivity index (χ1v) is 17.7. The monoisotopic (exact) mass is 712 g/mol. The van der Waals surface area contributed by atoms with Crippen LogP contribution in [0, 0.1) is 18.3 Å². The van der Waals surface area contributed by atoms with Crippen molar-refractivity contribution in [1.82, 2.24) is 18.9 Å². The summed E-state index contributed by atoms with van der Waals surface area (Å²) in [5.74, 6) is 0.622. The number of hydrogen-bond donors (Lipinski definition) is 1. The van der Waals surface area contributed by atoms with Gasteiger partial charge in [0.1, 0.15) is 17.5 Å². The van der Waals surface area contributed by atoms with Crippen LogP contribution < -0.4 is 14.4 Å². The molecule has 1 N–H and O–H groups in total. The molecular weight excluding hydrogens is 672 g/mol. The minimum Gasteiger partial charge on any atom is -0.508 e. The Labute approximate surface area is 307 Å². The molecule has 1 fully saturated rings. The predicted octanol–water partition coefficient (Wildman–Crippen LogP) is 5.52. The number of rotatable bonds is 7. The Morgan fingerprint density at radius 3 is 2.36 bits per heavy atom. The number of phenolic OH excluding ortho intramolecular Hbond substituents is 1. The lowest BCUT2D eigenvalue weighted by Crippen LogP contribution is -2.52. The molecule has 0 aliphatic carbocycles. The summed E-state index contributed by atoms with van der Waals surface area (Å²) in [5, 5.41) is 19.7. The minimum atomic E-state index is -0.336. The summed E-state index contributed by atoms with van der Waals surface area (Å²) in [6.07, 6.45) is 2.46. The Bertz CT molecular complexity index is 2260. The van der Waals surface area contributed by atoms with E-state index in [0.717, 1.165) is 31.6 Å². The number of anilines is 2. The number of nitriles is 1. The summed E-state index contributed by atoms with van der Waals surface area (Å²) in [6.45, 7) is 6.08. The number of aromatic nitrogens is 2. The van der Waals surface area contributed by atoms with Crippen molar-refractivity contribution in [3.8, 4) is 34.6 Å². The van der Waals surface area contributed by atoms with E-state index in [9.17, 15) is 15.2 Å². The van der Waals surface area contributed by atoms with Gasteiger partial charge in [-0.25, -0.2) is 0 Å². The number of hydrogen-bond acceptors (Lipinski definition) is 8. The van der Waals surface area contributed by atoms with Crippen LogP contribution in [0.5, 0.6) is 17.2 Å². The lowest BCUT2D eigenvalue weighted by molar-refractivity contribution is 0.0193. The maximum atomic E-state index is 15.0. The fraction of sp³-hybridized carbons (Fsp3) is 0.293. The molecule has 3 aromatic carbocycles. The standard InChI is InChI=1S/C41H40N6O6/c1-26-34(41(50)47(29-8-10-33(48)11-9-29)32-17-30(21-42)43(2)23-32)18-37(44(26)3)35-19-38-39(53-25-52-38)20-36(35)40(49)46-22-28-7-5-4-6-27(28)16-31(46)24-45-12-14-51-15-13-45/h4-11,17-20,23,31,48H,12-16,22,24-25H2,1-3H3/t31-/m0/s1. The number of morpholine rings is 1. The van der Waals surface area contributed by atoms with Crippen LogP contribution in [0.15, 0.2) is 79.0 Å². The molecule has 3 aliphatic heterocycles. The van der Waals surface area contributed by atoms with Crippen LogP contribution >= 0.6 is 0 Å². The van der Waals surface area contributed by atoms with Gasteiger partial charge in [0.05, 0.1) is 30.0 Å². The van der Waals surface area contributed by atoms with E-state index in [0.29, 0.717) is 76.4 Å². The molecule has 5 heterocycles. The third kappa shape index (κ3) is 6.28. The van der Waals surface area contributed by atoms with Crippen LogP contribution in [0.3, 0.4) is 0 Å². The fourth-order valence-corrected chi connectivity index (χ4v) is 7.62. The van der Waals surface area contributed by atoms with Crippen LogP contribution in [0.1, 0.15) is 43.2 Å². The third-order valence-corrected chi connectivity index (χ3v) is 10.6. The molecule has 2 amide bonds. The van der Waals surface area contributed by atoms with Crippen LogP contribution in [0.25, 0.3) is 11.3 Å². The van der Waals surface area contributed by atoms with Crippen molar-refractivity contribution >= 4 is 23.2 Å². The van der Waals surface area contributed by atoms with Gasteiger partial charge >= 0.3 is 0 Å². The second kappa shape index (κ2) is 13.8. The average Bonchev–Trinajstić information content (AvgIpc) is 3.88. The molecule has 0 spiro atoms. The van der Waals surface area contributed by atoms with Gasteiger partial charge in [0.25, 0.3) is 11.8 Å². The Hall–Kier alpha value is -6.03. The van der Waals surface area contributed by atoms with Gasteiger partial charge in [-0.2, -0.15) is 5.26 Å². The van der Waals surface area contributed by atoms with Crippen molar-refractivity contribution in [2.75, 3.05) is 44.5 Å². The molecule has 0 saturated carbocycles. The fourth-order valence-electron chi connectivity index (χ4n) is 7.62. The number of benzene rings is 3. The number of fused-ring (bicyclic) bond motifs is 2. The van der Waals surface area contributed by atoms with Gasteiger partial charge in [-0.3, -0.25) is 19.4 Å². The molecule has 3 aliphatic rings. The van der Waals surface area contributed by atoms with Crippen LogP contribution in [0.4, 0.5) is 11.4 Å². The number of phenols is 1. The number of aryl methyl sites for hydroxylation is 1. The second-order valence-corrected chi connectivity index (χ2v) is 13.8. The third-order valence-electron chi connectivity index (χ3n) is 10.6. The maximum Gasteiger partial charge on any atom is 0.264 e. The molecule has 0 radical (unpaired) electrons. The molecule has 0 unspecified atom stereocenters. The average molecular weight is 713 g/mol. The summed E-state index contributed by atoms with van der Waals surface area (Å²) in [4.78, 5) is 35.6. The highest BCUT2D eigenvalue weighted by Gasteiger charge is 2.35. The van der Waals surface area contributed by atoms with Crippen molar-refractivity contribution in [2.45, 2.75) is 25.9 Å². The smallest absolute Gasteiger partial charge is 0.264 e. The van der Waals surface area contributed by atoms with E-state index in [1.807, 2.05) is 41.6 Å². The van der Waals surface area contributed by atoms with Crippen molar-refractivity contribution in [1.29, 1.82) is 5.26 Å². The van der Waals surface area contributed by atoms with E-state index in [1.54, 1.807) is 42.1 Å². The quantitative estimate of drug-likeness (QED) is 0.234. The van der Waals surface area contributed by atoms with Gasteiger partial charge in [-0.15, -0.1) is 0 Å². The molecule has 5 aromatic rings. The molecule has 12 heteroatoms. The Balaban J connectivity index is 1.21. The zero-order valence-electron chi connectivity index (χ0n) is 29.9. The first kappa shape index (κ1) is 34.1. The molecular formula is C41H40N6O6. The highest BCUT2D eigenvalue weighted by atomic mass is 16.7. The van der Waals surface area contributed by atoms with Gasteiger partial charge < -0.3 is 33.4 Å². The van der Waals surface area contributed by atoms with Crippen molar-refractivity contribution in [3.05, 3.63) is 113 Å². The molecule has 1 saturated heterocycles. The van der Waals surface area contributed by atoms with E-state index < -0.39 is 0 Å². The van der Waals surface area contributed by atoms with Gasteiger partial charge in [-0.05, 0) is 73.0 Å². The van der Waals surface area contributed by atoms with Crippen LogP contribution in [-0.2, 0) is 31.8 Å². The summed E-state index contributed by atoms with van der Waals surface area (Å²) < 4.78 is 20.8. The highest BCUT2D eigenvalue weighted by Crippen LogP contribution is 2.42. The van der Waals surface area contributed by atoms with Gasteiger partial charge in [0, 0.05) is 75.2 Å². The molecule has 2 aromatic heterocycles. The van der Waals surface area contributed by atoms with Crippen molar-refractivity contribution in [2.24, 2.45) is 14.1 Å². The molecule has 53 heavy (non-hydrogen) atoms. The van der Waals surface area contributed by atoms with E-state index in [2.05, 4.69) is 29.2 Å². The number of amides is 2. The number of aromatic hydroxyl groups is 1. The number of nitrogens with zero attached hydrogens (tertiary/aromatic N) is 6. The highest BCUT2D eigenvalue weighted by molar-refractivity contribution is 6.12. The molecule has 8 rings (SSSR count). The number of carbonyl (C=O) groups is 2. The summed E-state index contributed by atoms with van der Waals surface area (Å²) in [5.41, 5.74) is 6.60. The Morgan fingerprint density at radius 2 is 1.64 bits per heavy atom. The molecule has 270 valence electrons. The van der Waals surface area contributed by atoms with Gasteiger partial charge in [-0.1, -0.05) is 24.3 Å². The Morgan fingerprint density at radius 1 is 0.925 bits per heavy atom. The molecule has 1 atom stereocenters. The van der Waals surface area contributed by atoms with E-state index in [4.69, 9.17) is 14.2 Å². The van der Waals surface area contributed by atoms with Gasteiger partial charge in [0.15, 0.2) is 11.5 Å². The first-order valence-electron chi connectivity index (χ1n) is 17.7. The van der Waals surface area contributed by atoms with Gasteiger partial charge in [0.2, 0.25) is 6.79 Å². The summed E-state index contributed by atoms with van der Waals surface area (Å²) in [7, 11) is 3.62. The SMILES string of the molecule is Cc1c(C(=O)N(c2ccc(O)cc2)c2cc(C#N)n(C)c2)cc(-c2cc3c(cc2C(=O)N2Cc4ccccc4C[C@H]2CN2CCOCC2)OCO3)n1C. The predicted molar refractivity (Wildman–Crippen MR) is 197 cm³/mol. The lowest BCUT2D eigenvalue weighted by Gasteiger charge is -2.40. The molecule has 0 bridgehead atoms. The number of ether oxygens (including phenoxy) is 3. The van der Waals surface area contributed by atoms with E-state index in [-0.39, 0.29) is 30.4 Å². The lowest BCUT2D eigenvalue weighted by atomic mass is 9.92. The number of carbonyl (C=O) groups excluding carboxylic acids is 2. The molecule has 12 nitrogen and oxygen atoms in total. The zero-order chi connectivity index (χ0) is 36.8. The van der Waals surface area contributed by atoms with Crippen molar-refractivity contribution < 1.29 is 28.9 Å². The summed E-state index contributed by atoms with van der Waals surface area (Å²) >= 11 is 0. The maximum absolute atomic E-state index is 15.0. The first-order chi connectivity index (χ1) is 25.7. The second-order valence-electron chi connectivity index (χ2n) is 13.8. The summed E-state index contributed by atoms with van der Waals surface area (Å²) in [6, 6.07) is 23.8. The van der Waals surface area contributed by atoms with E-state index >= 15 is 4.79 Å². The van der Waals surface area contributed by atoms with Crippen molar-refractivity contribution in [3.63, 3.8) is 0 Å². The Kier molecular flexibility index (Phi) is 8.90. The largest absolute Gasteiger partial charge is 0.508 e. The zero-order valence-corrected chi connectivity index (χ0v) is 29.9.